The molecule has 2 aromatic carbocycles. The maximum absolute atomic E-state index is 13.2. The van der Waals surface area contributed by atoms with E-state index >= 15 is 0 Å². The highest BCUT2D eigenvalue weighted by Gasteiger charge is 2.36. The predicted octanol–water partition coefficient (Wildman–Crippen LogP) is 4.30. The van der Waals surface area contributed by atoms with Crippen molar-refractivity contribution >= 4 is 11.9 Å². The molecular weight excluding hydrogens is 364 g/mol. The summed E-state index contributed by atoms with van der Waals surface area (Å²) in [6, 6.07) is 19.3. The first kappa shape index (κ1) is 21.1. The molecule has 3 rings (SSSR count). The Morgan fingerprint density at radius 2 is 1.45 bits per heavy atom. The number of piperazine rings is 1. The van der Waals surface area contributed by atoms with E-state index < -0.39 is 5.41 Å². The third-order valence-electron chi connectivity index (χ3n) is 5.25. The lowest BCUT2D eigenvalue weighted by Gasteiger charge is -2.40. The first-order valence-corrected chi connectivity index (χ1v) is 10.2. The zero-order valence-electron chi connectivity index (χ0n) is 17.5. The van der Waals surface area contributed by atoms with E-state index in [-0.39, 0.29) is 24.5 Å². The van der Waals surface area contributed by atoms with Gasteiger partial charge in [0.1, 0.15) is 6.61 Å². The third-order valence-corrected chi connectivity index (χ3v) is 5.25. The van der Waals surface area contributed by atoms with Gasteiger partial charge in [-0.2, -0.15) is 0 Å². The molecule has 0 unspecified atom stereocenters. The zero-order valence-corrected chi connectivity index (χ0v) is 17.5. The summed E-state index contributed by atoms with van der Waals surface area (Å²) in [5.41, 5.74) is 1.54. The van der Waals surface area contributed by atoms with Crippen LogP contribution >= 0.6 is 0 Å². The van der Waals surface area contributed by atoms with E-state index in [1.54, 1.807) is 4.90 Å². The summed E-state index contributed by atoms with van der Waals surface area (Å²) in [6.45, 7) is 8.54. The monoisotopic (exact) mass is 394 g/mol. The van der Waals surface area contributed by atoms with Gasteiger partial charge >= 0.3 is 6.09 Å². The molecule has 0 aliphatic carbocycles. The summed E-state index contributed by atoms with van der Waals surface area (Å²) in [7, 11) is 0. The zero-order chi connectivity index (χ0) is 20.9. The Morgan fingerprint density at radius 3 is 2.00 bits per heavy atom. The molecule has 1 fully saturated rings. The number of carbonyl (C=O) groups excluding carboxylic acids is 2. The van der Waals surface area contributed by atoms with E-state index in [0.717, 1.165) is 11.1 Å². The second kappa shape index (κ2) is 9.23. The number of hydrogen-bond donors (Lipinski definition) is 0. The molecule has 0 bridgehead atoms. The van der Waals surface area contributed by atoms with Gasteiger partial charge in [0.15, 0.2) is 5.78 Å². The van der Waals surface area contributed by atoms with E-state index in [2.05, 4.69) is 4.90 Å². The number of hydrogen-bond acceptors (Lipinski definition) is 4. The first-order valence-electron chi connectivity index (χ1n) is 10.2. The van der Waals surface area contributed by atoms with Crippen LogP contribution in [0.25, 0.3) is 0 Å². The Labute approximate surface area is 173 Å². The Balaban J connectivity index is 1.62. The minimum atomic E-state index is -0.438. The van der Waals surface area contributed by atoms with Crippen LogP contribution in [0.5, 0.6) is 0 Å². The molecule has 0 spiro atoms. The lowest BCUT2D eigenvalue weighted by molar-refractivity contribution is -0.132. The molecule has 29 heavy (non-hydrogen) atoms. The highest BCUT2D eigenvalue weighted by atomic mass is 16.6. The number of benzene rings is 2. The van der Waals surface area contributed by atoms with Crippen molar-refractivity contribution in [2.45, 2.75) is 33.4 Å². The normalized spacial score (nSPS) is 16.3. The van der Waals surface area contributed by atoms with Crippen LogP contribution in [-0.2, 0) is 16.1 Å². The lowest BCUT2D eigenvalue weighted by Crippen LogP contribution is -2.52. The van der Waals surface area contributed by atoms with E-state index in [1.807, 2.05) is 81.4 Å². The van der Waals surface area contributed by atoms with Crippen molar-refractivity contribution in [2.24, 2.45) is 5.41 Å². The fourth-order valence-electron chi connectivity index (χ4n) is 3.55. The first-order chi connectivity index (χ1) is 13.9. The molecule has 0 N–H and O–H groups in total. The van der Waals surface area contributed by atoms with Gasteiger partial charge in [0, 0.05) is 31.6 Å². The van der Waals surface area contributed by atoms with E-state index in [9.17, 15) is 9.59 Å². The molecule has 154 valence electrons. The van der Waals surface area contributed by atoms with Crippen LogP contribution in [0.3, 0.4) is 0 Å². The largest absolute Gasteiger partial charge is 0.445 e. The number of amides is 1. The average Bonchev–Trinajstić information content (AvgIpc) is 2.73. The summed E-state index contributed by atoms with van der Waals surface area (Å²) in [5.74, 6) is 0.198. The standard InChI is InChI=1S/C24H30N2O3/c1-24(2,3)22(27)21(20-12-8-5-9-13-20)25-14-16-26(17-15-25)23(28)29-18-19-10-6-4-7-11-19/h4-13,21H,14-18H2,1-3H3/t21-/m1/s1. The Bertz CT molecular complexity index is 807. The van der Waals surface area contributed by atoms with Gasteiger partial charge in [0.2, 0.25) is 0 Å². The molecular formula is C24H30N2O3. The van der Waals surface area contributed by atoms with Crippen LogP contribution in [0.2, 0.25) is 0 Å². The Morgan fingerprint density at radius 1 is 0.897 bits per heavy atom. The fraction of sp³-hybridized carbons (Fsp3) is 0.417. The van der Waals surface area contributed by atoms with Gasteiger partial charge in [0.25, 0.3) is 0 Å². The van der Waals surface area contributed by atoms with Crippen molar-refractivity contribution in [3.05, 3.63) is 71.8 Å². The lowest BCUT2D eigenvalue weighted by atomic mass is 9.83. The van der Waals surface area contributed by atoms with Gasteiger partial charge in [-0.3, -0.25) is 9.69 Å². The second-order valence-corrected chi connectivity index (χ2v) is 8.49. The van der Waals surface area contributed by atoms with Crippen LogP contribution in [0.15, 0.2) is 60.7 Å². The number of ketones is 1. The topological polar surface area (TPSA) is 49.9 Å². The molecule has 1 heterocycles. The van der Waals surface area contributed by atoms with Crippen LogP contribution < -0.4 is 0 Å². The molecule has 0 aromatic heterocycles. The second-order valence-electron chi connectivity index (χ2n) is 8.49. The molecule has 2 aromatic rings. The molecule has 0 saturated carbocycles. The van der Waals surface area contributed by atoms with Crippen LogP contribution in [0.1, 0.15) is 37.9 Å². The number of nitrogens with zero attached hydrogens (tertiary/aromatic N) is 2. The number of carbonyl (C=O) groups is 2. The van der Waals surface area contributed by atoms with Crippen molar-refractivity contribution in [3.8, 4) is 0 Å². The van der Waals surface area contributed by atoms with Crippen LogP contribution in [0, 0.1) is 5.41 Å². The highest BCUT2D eigenvalue weighted by Crippen LogP contribution is 2.31. The van der Waals surface area contributed by atoms with Crippen LogP contribution in [-0.4, -0.2) is 47.9 Å². The molecule has 5 heteroatoms. The minimum Gasteiger partial charge on any atom is -0.445 e. The quantitative estimate of drug-likeness (QED) is 0.759. The fourth-order valence-corrected chi connectivity index (χ4v) is 3.55. The van der Waals surface area contributed by atoms with Gasteiger partial charge in [-0.05, 0) is 11.1 Å². The summed E-state index contributed by atoms with van der Waals surface area (Å²) in [5, 5.41) is 0. The summed E-state index contributed by atoms with van der Waals surface area (Å²) in [4.78, 5) is 29.5. The van der Waals surface area contributed by atoms with Crippen LogP contribution in [0.4, 0.5) is 4.79 Å². The SMILES string of the molecule is CC(C)(C)C(=O)[C@@H](c1ccccc1)N1CCN(C(=O)OCc2ccccc2)CC1. The molecule has 1 aliphatic heterocycles. The highest BCUT2D eigenvalue weighted by molar-refractivity contribution is 5.89. The third kappa shape index (κ3) is 5.45. The van der Waals surface area contributed by atoms with Crippen molar-refractivity contribution in [3.63, 3.8) is 0 Å². The van der Waals surface area contributed by atoms with Gasteiger partial charge in [0.05, 0.1) is 6.04 Å². The van der Waals surface area contributed by atoms with Gasteiger partial charge < -0.3 is 9.64 Å². The van der Waals surface area contributed by atoms with Gasteiger partial charge in [-0.15, -0.1) is 0 Å². The van der Waals surface area contributed by atoms with Crippen molar-refractivity contribution in [1.82, 2.24) is 9.80 Å². The molecule has 0 radical (unpaired) electrons. The summed E-state index contributed by atoms with van der Waals surface area (Å²) in [6.07, 6.45) is -0.299. The minimum absolute atomic E-state index is 0.198. The van der Waals surface area contributed by atoms with Gasteiger partial charge in [-0.25, -0.2) is 4.79 Å². The molecule has 1 saturated heterocycles. The Hall–Kier alpha value is -2.66. The number of ether oxygens (including phenoxy) is 1. The molecule has 1 atom stereocenters. The molecule has 1 amide bonds. The smallest absolute Gasteiger partial charge is 0.410 e. The Kier molecular flexibility index (Phi) is 6.70. The molecule has 5 nitrogen and oxygen atoms in total. The maximum atomic E-state index is 13.2. The summed E-state index contributed by atoms with van der Waals surface area (Å²) >= 11 is 0. The number of Topliss-reactive ketones (excluding diaryl/α,β-unsaturated/α-hetero) is 1. The maximum Gasteiger partial charge on any atom is 0.410 e. The van der Waals surface area contributed by atoms with E-state index in [4.69, 9.17) is 4.74 Å². The van der Waals surface area contributed by atoms with Crippen molar-refractivity contribution < 1.29 is 14.3 Å². The number of rotatable bonds is 5. The summed E-state index contributed by atoms with van der Waals surface area (Å²) < 4.78 is 5.45. The predicted molar refractivity (Wildman–Crippen MR) is 113 cm³/mol. The van der Waals surface area contributed by atoms with Crippen molar-refractivity contribution in [2.75, 3.05) is 26.2 Å². The molecule has 1 aliphatic rings. The van der Waals surface area contributed by atoms with E-state index in [1.165, 1.54) is 0 Å². The van der Waals surface area contributed by atoms with Crippen molar-refractivity contribution in [1.29, 1.82) is 0 Å². The van der Waals surface area contributed by atoms with Gasteiger partial charge in [-0.1, -0.05) is 81.4 Å². The average molecular weight is 395 g/mol. The van der Waals surface area contributed by atoms with E-state index in [0.29, 0.717) is 26.2 Å².